The minimum atomic E-state index is -0.562. The predicted octanol–water partition coefficient (Wildman–Crippen LogP) is 4.79. The first kappa shape index (κ1) is 21.1. The van der Waals surface area contributed by atoms with Crippen LogP contribution in [-0.4, -0.2) is 35.8 Å². The zero-order chi connectivity index (χ0) is 23.8. The van der Waals surface area contributed by atoms with Crippen LogP contribution < -0.4 is 9.91 Å². The van der Waals surface area contributed by atoms with Crippen molar-refractivity contribution in [3.05, 3.63) is 94.5 Å². The molecule has 0 N–H and O–H groups in total. The molecule has 0 spiro atoms. The molecule has 4 aliphatic rings. The standard InChI is InChI=1S/C27H19Cl2N3O3/c28-17-13-7-12-16(21(17)29)22-20-23(32(30-22)15-10-5-2-6-11-15)25-19-18(24(20)35-25)26(33)31(27(19)34)14-8-3-1-4-9-14/h1-13,18-20,23-25H/t18-,19+,20+,23-,24-,25+/m1/s1. The van der Waals surface area contributed by atoms with Crippen molar-refractivity contribution in [2.45, 2.75) is 18.2 Å². The molecular formula is C27H19Cl2N3O3. The molecule has 0 aliphatic carbocycles. The molecule has 4 heterocycles. The van der Waals surface area contributed by atoms with Gasteiger partial charge in [-0.3, -0.25) is 14.6 Å². The van der Waals surface area contributed by atoms with Crippen LogP contribution in [0.3, 0.4) is 0 Å². The maximum atomic E-state index is 13.6. The summed E-state index contributed by atoms with van der Waals surface area (Å²) in [4.78, 5) is 28.5. The molecule has 2 bridgehead atoms. The molecule has 3 saturated heterocycles. The second-order valence-corrected chi connectivity index (χ2v) is 10.0. The molecule has 7 rings (SSSR count). The molecule has 8 heteroatoms. The molecule has 0 unspecified atom stereocenters. The zero-order valence-electron chi connectivity index (χ0n) is 18.3. The molecule has 174 valence electrons. The van der Waals surface area contributed by atoms with Gasteiger partial charge in [-0.15, -0.1) is 0 Å². The number of rotatable bonds is 3. The van der Waals surface area contributed by atoms with E-state index in [0.717, 1.165) is 17.0 Å². The Kier molecular flexibility index (Phi) is 4.62. The van der Waals surface area contributed by atoms with Crippen LogP contribution in [0.25, 0.3) is 0 Å². The lowest BCUT2D eigenvalue weighted by Gasteiger charge is -2.32. The van der Waals surface area contributed by atoms with E-state index in [-0.39, 0.29) is 23.8 Å². The second kappa shape index (κ2) is 7.65. The van der Waals surface area contributed by atoms with Gasteiger partial charge in [0.2, 0.25) is 11.8 Å². The summed E-state index contributed by atoms with van der Waals surface area (Å²) in [5.74, 6) is -1.77. The highest BCUT2D eigenvalue weighted by Gasteiger charge is 2.72. The highest BCUT2D eigenvalue weighted by Crippen LogP contribution is 2.56. The van der Waals surface area contributed by atoms with Crippen molar-refractivity contribution in [3.8, 4) is 0 Å². The maximum Gasteiger partial charge on any atom is 0.240 e. The summed E-state index contributed by atoms with van der Waals surface area (Å²) in [6, 6.07) is 24.1. The Bertz CT molecular complexity index is 1400. The largest absolute Gasteiger partial charge is 0.370 e. The SMILES string of the molecule is O=C1[C@@H]2[C@@H]3O[C@@H]([C@H]4C(c5cccc(Cl)c5Cl)=NN(c5ccccc5)[C@@H]34)[C@@H]2C(=O)N1c1ccccc1. The molecule has 0 saturated carbocycles. The Labute approximate surface area is 211 Å². The number of benzene rings is 3. The van der Waals surface area contributed by atoms with Crippen LogP contribution in [0, 0.1) is 17.8 Å². The molecular weight excluding hydrogens is 485 g/mol. The number of nitrogens with zero attached hydrogens (tertiary/aromatic N) is 3. The van der Waals surface area contributed by atoms with E-state index in [4.69, 9.17) is 33.0 Å². The molecule has 0 aromatic heterocycles. The summed E-state index contributed by atoms with van der Waals surface area (Å²) in [5, 5.41) is 7.79. The first-order chi connectivity index (χ1) is 17.1. The lowest BCUT2D eigenvalue weighted by molar-refractivity contribution is -0.125. The third-order valence-corrected chi connectivity index (χ3v) is 8.37. The molecule has 6 atom stereocenters. The van der Waals surface area contributed by atoms with E-state index in [9.17, 15) is 9.59 Å². The van der Waals surface area contributed by atoms with Gasteiger partial charge in [0.05, 0.1) is 63.1 Å². The number of hydrazone groups is 1. The topological polar surface area (TPSA) is 62.2 Å². The normalized spacial score (nSPS) is 30.6. The third-order valence-electron chi connectivity index (χ3n) is 7.55. The van der Waals surface area contributed by atoms with E-state index >= 15 is 0 Å². The second-order valence-electron chi connectivity index (χ2n) is 9.25. The number of hydrogen-bond donors (Lipinski definition) is 0. The zero-order valence-corrected chi connectivity index (χ0v) is 19.8. The smallest absolute Gasteiger partial charge is 0.240 e. The molecule has 3 aromatic rings. The average molecular weight is 504 g/mol. The molecule has 6 nitrogen and oxygen atoms in total. The van der Waals surface area contributed by atoms with Crippen molar-refractivity contribution in [3.63, 3.8) is 0 Å². The lowest BCUT2D eigenvalue weighted by atomic mass is 9.70. The Hall–Kier alpha value is -3.19. The van der Waals surface area contributed by atoms with E-state index < -0.39 is 24.0 Å². The number of fused-ring (bicyclic) bond motifs is 8. The highest BCUT2D eigenvalue weighted by molar-refractivity contribution is 6.44. The van der Waals surface area contributed by atoms with E-state index in [1.165, 1.54) is 4.90 Å². The number of para-hydroxylation sites is 2. The van der Waals surface area contributed by atoms with E-state index in [2.05, 4.69) is 0 Å². The Morgan fingerprint density at radius 1 is 0.714 bits per heavy atom. The predicted molar refractivity (Wildman–Crippen MR) is 134 cm³/mol. The maximum absolute atomic E-state index is 13.6. The van der Waals surface area contributed by atoms with E-state index in [0.29, 0.717) is 15.7 Å². The van der Waals surface area contributed by atoms with Gasteiger partial charge < -0.3 is 4.74 Å². The van der Waals surface area contributed by atoms with Crippen LogP contribution in [0.4, 0.5) is 11.4 Å². The summed E-state index contributed by atoms with van der Waals surface area (Å²) in [6.45, 7) is 0. The summed E-state index contributed by atoms with van der Waals surface area (Å²) in [5.41, 5.74) is 2.93. The first-order valence-corrected chi connectivity index (χ1v) is 12.3. The summed E-state index contributed by atoms with van der Waals surface area (Å²) >= 11 is 13.0. The van der Waals surface area contributed by atoms with Crippen molar-refractivity contribution in [2.24, 2.45) is 22.9 Å². The van der Waals surface area contributed by atoms with Crippen LogP contribution >= 0.6 is 23.2 Å². The molecule has 0 radical (unpaired) electrons. The van der Waals surface area contributed by atoms with Gasteiger partial charge in [0.1, 0.15) is 0 Å². The quantitative estimate of drug-likeness (QED) is 0.482. The van der Waals surface area contributed by atoms with Gasteiger partial charge in [0, 0.05) is 5.56 Å². The number of hydrogen-bond acceptors (Lipinski definition) is 5. The first-order valence-electron chi connectivity index (χ1n) is 11.5. The number of carbonyl (C=O) groups excluding carboxylic acids is 2. The lowest BCUT2D eigenvalue weighted by Crippen LogP contribution is -2.50. The summed E-state index contributed by atoms with van der Waals surface area (Å²) in [6.07, 6.45) is -0.956. The number of anilines is 2. The van der Waals surface area contributed by atoms with E-state index in [1.807, 2.05) is 65.7 Å². The number of halogens is 2. The monoisotopic (exact) mass is 503 g/mol. The van der Waals surface area contributed by atoms with Crippen LogP contribution in [0.1, 0.15) is 5.56 Å². The van der Waals surface area contributed by atoms with Crippen LogP contribution in [0.5, 0.6) is 0 Å². The summed E-state index contributed by atoms with van der Waals surface area (Å²) in [7, 11) is 0. The Morgan fingerprint density at radius 3 is 2.03 bits per heavy atom. The molecule has 35 heavy (non-hydrogen) atoms. The van der Waals surface area contributed by atoms with Gasteiger partial charge in [-0.05, 0) is 30.3 Å². The van der Waals surface area contributed by atoms with Crippen molar-refractivity contribution < 1.29 is 14.3 Å². The van der Waals surface area contributed by atoms with Crippen molar-refractivity contribution in [2.75, 3.05) is 9.91 Å². The Balaban J connectivity index is 1.35. The number of ether oxygens (including phenoxy) is 1. The minimum Gasteiger partial charge on any atom is -0.370 e. The average Bonchev–Trinajstić information content (AvgIpc) is 3.61. The minimum absolute atomic E-state index is 0.209. The molecule has 4 aliphatic heterocycles. The highest BCUT2D eigenvalue weighted by atomic mass is 35.5. The number of carbonyl (C=O) groups is 2. The summed E-state index contributed by atoms with van der Waals surface area (Å²) < 4.78 is 6.44. The third kappa shape index (κ3) is 2.84. The van der Waals surface area contributed by atoms with Crippen LogP contribution in [-0.2, 0) is 14.3 Å². The van der Waals surface area contributed by atoms with Crippen LogP contribution in [0.2, 0.25) is 10.0 Å². The van der Waals surface area contributed by atoms with Gasteiger partial charge in [0.15, 0.2) is 0 Å². The molecule has 3 fully saturated rings. The van der Waals surface area contributed by atoms with Gasteiger partial charge >= 0.3 is 0 Å². The number of imide groups is 1. The van der Waals surface area contributed by atoms with Crippen molar-refractivity contribution in [1.82, 2.24) is 0 Å². The molecule has 2 amide bonds. The fraction of sp³-hybridized carbons (Fsp3) is 0.222. The van der Waals surface area contributed by atoms with Gasteiger partial charge in [-0.1, -0.05) is 71.7 Å². The van der Waals surface area contributed by atoms with Crippen molar-refractivity contribution in [1.29, 1.82) is 0 Å². The molecule has 3 aromatic carbocycles. The van der Waals surface area contributed by atoms with Gasteiger partial charge in [-0.2, -0.15) is 5.10 Å². The Morgan fingerprint density at radius 2 is 1.34 bits per heavy atom. The van der Waals surface area contributed by atoms with Gasteiger partial charge in [-0.25, -0.2) is 4.90 Å². The fourth-order valence-corrected chi connectivity index (χ4v) is 6.59. The number of amides is 2. The van der Waals surface area contributed by atoms with Crippen molar-refractivity contribution >= 4 is 52.1 Å². The fourth-order valence-electron chi connectivity index (χ4n) is 6.19. The van der Waals surface area contributed by atoms with Crippen LogP contribution in [0.15, 0.2) is 84.0 Å². The van der Waals surface area contributed by atoms with E-state index in [1.54, 1.807) is 18.2 Å². The van der Waals surface area contributed by atoms with Gasteiger partial charge in [0.25, 0.3) is 0 Å².